The van der Waals surface area contributed by atoms with E-state index in [1.807, 2.05) is 0 Å². The van der Waals surface area contributed by atoms with Crippen LogP contribution in [0, 0.1) is 0 Å². The summed E-state index contributed by atoms with van der Waals surface area (Å²) < 4.78 is 4.84. The van der Waals surface area contributed by atoms with Gasteiger partial charge in [-0.25, -0.2) is 0 Å². The second-order valence-corrected chi connectivity index (χ2v) is 8.46. The lowest BCUT2D eigenvalue weighted by molar-refractivity contribution is 0.841. The zero-order valence-corrected chi connectivity index (χ0v) is 12.2. The van der Waals surface area contributed by atoms with Crippen molar-refractivity contribution in [2.24, 2.45) is 4.66 Å². The molecule has 0 heterocycles. The van der Waals surface area contributed by atoms with Gasteiger partial charge in [0, 0.05) is 0 Å². The van der Waals surface area contributed by atoms with Crippen LogP contribution in [0.2, 0.25) is 0 Å². The lowest BCUT2D eigenvalue weighted by Crippen LogP contribution is -2.01. The van der Waals surface area contributed by atoms with Crippen molar-refractivity contribution in [3.63, 3.8) is 0 Å². The van der Waals surface area contributed by atoms with Gasteiger partial charge in [0.05, 0.1) is 0 Å². The van der Waals surface area contributed by atoms with Gasteiger partial charge >= 0.3 is 0 Å². The van der Waals surface area contributed by atoms with Gasteiger partial charge in [0.2, 0.25) is 7.98 Å². The number of hydrogen-bond donors (Lipinski definition) is 0. The van der Waals surface area contributed by atoms with Crippen LogP contribution in [0.3, 0.4) is 0 Å². The van der Waals surface area contributed by atoms with Crippen LogP contribution in [-0.4, -0.2) is 26.5 Å². The molecule has 0 spiro atoms. The van der Waals surface area contributed by atoms with Gasteiger partial charge in [0.25, 0.3) is 0 Å². The Morgan fingerprint density at radius 3 is 1.33 bits per heavy atom. The highest BCUT2D eigenvalue weighted by atomic mass is 31.2. The summed E-state index contributed by atoms with van der Waals surface area (Å²) in [5, 5.41) is 0. The smallest absolute Gasteiger partial charge is 0.242 e. The molecule has 0 N–H and O–H groups in total. The minimum Gasteiger partial charge on any atom is -0.366 e. The average Bonchev–Trinajstić information content (AvgIpc) is 2.29. The molecule has 0 atom stereocenters. The van der Waals surface area contributed by atoms with Crippen LogP contribution < -0.4 is 0 Å². The van der Waals surface area contributed by atoms with Crippen molar-refractivity contribution in [2.45, 2.75) is 59.3 Å². The first-order valence-electron chi connectivity index (χ1n) is 6.72. The van der Waals surface area contributed by atoms with Gasteiger partial charge in [0.15, 0.2) is 0 Å². The molecule has 0 amide bonds. The monoisotopic (exact) mass is 229 g/mol. The fraction of sp³-hybridized carbons (Fsp3) is 1.00. The predicted octanol–water partition coefficient (Wildman–Crippen LogP) is 4.14. The maximum Gasteiger partial charge on any atom is 0.242 e. The Bertz CT molecular complexity index is 164. The molecule has 0 aromatic carbocycles. The molecular weight excluding hydrogens is 200 g/mol. The van der Waals surface area contributed by atoms with E-state index >= 15 is 0 Å². The van der Waals surface area contributed by atoms with Gasteiger partial charge in [-0.1, -0.05) is 40.0 Å². The Kier molecular flexibility index (Phi) is 9.70. The Morgan fingerprint density at radius 1 is 0.800 bits per heavy atom. The average molecular weight is 229 g/mol. The highest BCUT2D eigenvalue weighted by molar-refractivity contribution is 7.66. The van der Waals surface area contributed by atoms with Gasteiger partial charge < -0.3 is 4.66 Å². The lowest BCUT2D eigenvalue weighted by Gasteiger charge is -2.24. The lowest BCUT2D eigenvalue weighted by atomic mass is 10.4. The Labute approximate surface area is 97.9 Å². The molecule has 0 saturated heterocycles. The Balaban J connectivity index is 4.32. The number of rotatable bonds is 9. The Hall–Kier alpha value is 0.295. The standard InChI is InChI=1S/C12H29BNP/c1-4-7-10-15(14-13,11-8-5-2)12-9-6-3/h4-13H2,1-3H3. The molecule has 3 heteroatoms. The number of unbranched alkanes of at least 4 members (excludes halogenated alkanes) is 3. The van der Waals surface area contributed by atoms with Crippen molar-refractivity contribution in [1.29, 1.82) is 0 Å². The molecule has 1 nitrogen and oxygen atoms in total. The first-order chi connectivity index (χ1) is 7.24. The van der Waals surface area contributed by atoms with Crippen molar-refractivity contribution in [3.8, 4) is 0 Å². The van der Waals surface area contributed by atoms with Crippen LogP contribution in [0.4, 0.5) is 0 Å². The fourth-order valence-corrected chi connectivity index (χ4v) is 5.98. The molecule has 0 aliphatic rings. The summed E-state index contributed by atoms with van der Waals surface area (Å²) in [6, 6.07) is 0. The molecule has 0 bridgehead atoms. The summed E-state index contributed by atoms with van der Waals surface area (Å²) in [6.07, 6.45) is 12.4. The zero-order valence-electron chi connectivity index (χ0n) is 11.3. The second-order valence-electron chi connectivity index (χ2n) is 4.53. The van der Waals surface area contributed by atoms with E-state index in [1.165, 1.54) is 57.0 Å². The summed E-state index contributed by atoms with van der Waals surface area (Å²) >= 11 is 0. The molecule has 0 unspecified atom stereocenters. The molecule has 0 rings (SSSR count). The molecule has 0 aliphatic carbocycles. The third-order valence-electron chi connectivity index (χ3n) is 3.21. The molecule has 0 aromatic rings. The minimum absolute atomic E-state index is 0.902. The van der Waals surface area contributed by atoms with Gasteiger partial charge in [-0.2, -0.15) is 0 Å². The van der Waals surface area contributed by atoms with Crippen LogP contribution in [0.25, 0.3) is 0 Å². The molecule has 90 valence electrons. The van der Waals surface area contributed by atoms with Gasteiger partial charge in [-0.15, -0.1) is 0 Å². The van der Waals surface area contributed by atoms with E-state index in [4.69, 9.17) is 4.66 Å². The van der Waals surface area contributed by atoms with Crippen molar-refractivity contribution < 1.29 is 0 Å². The summed E-state index contributed by atoms with van der Waals surface area (Å²) in [7, 11) is 1.18. The van der Waals surface area contributed by atoms with Crippen LogP contribution in [0.5, 0.6) is 0 Å². The molecule has 0 saturated carbocycles. The summed E-state index contributed by atoms with van der Waals surface area (Å²) in [6.45, 7) is 6.89. The van der Waals surface area contributed by atoms with E-state index in [9.17, 15) is 0 Å². The normalized spacial score (nSPS) is 11.7. The first kappa shape index (κ1) is 15.3. The molecule has 0 aromatic heterocycles. The van der Waals surface area contributed by atoms with Crippen LogP contribution in [-0.2, 0) is 0 Å². The maximum absolute atomic E-state index is 4.84. The van der Waals surface area contributed by atoms with Crippen LogP contribution in [0.1, 0.15) is 59.3 Å². The van der Waals surface area contributed by atoms with Crippen LogP contribution in [0.15, 0.2) is 4.66 Å². The third-order valence-corrected chi connectivity index (χ3v) is 7.50. The van der Waals surface area contributed by atoms with E-state index in [-0.39, 0.29) is 0 Å². The quantitative estimate of drug-likeness (QED) is 0.416. The van der Waals surface area contributed by atoms with Crippen molar-refractivity contribution in [3.05, 3.63) is 0 Å². The number of nitrogens with zero attached hydrogens (tertiary/aromatic N) is 1. The number of hydrogen-bond acceptors (Lipinski definition) is 1. The van der Waals surface area contributed by atoms with E-state index in [2.05, 4.69) is 28.8 Å². The third kappa shape index (κ3) is 6.46. The maximum atomic E-state index is 4.84. The first-order valence-corrected chi connectivity index (χ1v) is 9.01. The zero-order chi connectivity index (χ0) is 11.6. The fourth-order valence-electron chi connectivity index (χ4n) is 1.99. The van der Waals surface area contributed by atoms with Crippen molar-refractivity contribution >= 4 is 15.0 Å². The van der Waals surface area contributed by atoms with E-state index in [0.29, 0.717) is 0 Å². The largest absolute Gasteiger partial charge is 0.366 e. The second kappa shape index (κ2) is 9.52. The summed E-state index contributed by atoms with van der Waals surface area (Å²) in [4.78, 5) is 0. The Morgan fingerprint density at radius 2 is 1.13 bits per heavy atom. The molecule has 0 fully saturated rings. The summed E-state index contributed by atoms with van der Waals surface area (Å²) in [5.74, 6) is 0. The van der Waals surface area contributed by atoms with E-state index < -0.39 is 7.05 Å². The highest BCUT2D eigenvalue weighted by Crippen LogP contribution is 2.51. The van der Waals surface area contributed by atoms with E-state index in [0.717, 1.165) is 0 Å². The molecule has 0 aliphatic heterocycles. The minimum atomic E-state index is -0.902. The van der Waals surface area contributed by atoms with Gasteiger partial charge in [0.1, 0.15) is 0 Å². The van der Waals surface area contributed by atoms with Gasteiger partial charge in [-0.05, 0) is 44.8 Å². The SMILES string of the molecule is BN=P(CCCC)(CCCC)CCCC. The molecule has 0 radical (unpaired) electrons. The van der Waals surface area contributed by atoms with Crippen molar-refractivity contribution in [2.75, 3.05) is 18.5 Å². The van der Waals surface area contributed by atoms with Gasteiger partial charge in [-0.3, -0.25) is 0 Å². The van der Waals surface area contributed by atoms with Crippen LogP contribution >= 0.6 is 7.05 Å². The van der Waals surface area contributed by atoms with Crippen molar-refractivity contribution in [1.82, 2.24) is 0 Å². The van der Waals surface area contributed by atoms with E-state index in [1.54, 1.807) is 0 Å². The highest BCUT2D eigenvalue weighted by Gasteiger charge is 2.15. The topological polar surface area (TPSA) is 12.4 Å². The predicted molar refractivity (Wildman–Crippen MR) is 77.2 cm³/mol. The molecule has 15 heavy (non-hydrogen) atoms. The summed E-state index contributed by atoms with van der Waals surface area (Å²) in [5.41, 5.74) is 0. The molecular formula is C12H29BNP.